The first kappa shape index (κ1) is 19.6. The molecule has 146 valence electrons. The highest BCUT2D eigenvalue weighted by atomic mass is 19.4. The molecule has 1 N–H and O–H groups in total. The molecule has 0 bridgehead atoms. The highest BCUT2D eigenvalue weighted by Gasteiger charge is 2.42. The number of ether oxygens (including phenoxy) is 1. The van der Waals surface area contributed by atoms with Gasteiger partial charge in [-0.25, -0.2) is 4.99 Å². The van der Waals surface area contributed by atoms with Crippen LogP contribution in [0.2, 0.25) is 0 Å². The third kappa shape index (κ3) is 4.95. The van der Waals surface area contributed by atoms with Gasteiger partial charge in [-0.2, -0.15) is 13.2 Å². The van der Waals surface area contributed by atoms with E-state index in [0.29, 0.717) is 5.56 Å². The fourth-order valence-corrected chi connectivity index (χ4v) is 3.54. The second-order valence-electron chi connectivity index (χ2n) is 7.02. The second kappa shape index (κ2) is 8.22. The first-order valence-electron chi connectivity index (χ1n) is 9.19. The Hall–Kier alpha value is -2.20. The Labute approximate surface area is 157 Å². The van der Waals surface area contributed by atoms with Gasteiger partial charge in [0.15, 0.2) is 5.96 Å². The molecule has 0 saturated carbocycles. The van der Waals surface area contributed by atoms with E-state index in [1.54, 1.807) is 6.07 Å². The van der Waals surface area contributed by atoms with Gasteiger partial charge < -0.3 is 15.0 Å². The van der Waals surface area contributed by atoms with Crippen LogP contribution in [0.15, 0.2) is 29.3 Å². The number of nitrogens with zero attached hydrogens (tertiary/aromatic N) is 2. The number of nitrogens with one attached hydrogen (secondary N) is 1. The summed E-state index contributed by atoms with van der Waals surface area (Å²) in [5.74, 6) is 6.43. The Morgan fingerprint density at radius 2 is 2.22 bits per heavy atom. The number of guanidine groups is 1. The van der Waals surface area contributed by atoms with Crippen LogP contribution in [-0.2, 0) is 10.9 Å². The Bertz CT molecular complexity index is 743. The highest BCUT2D eigenvalue weighted by molar-refractivity contribution is 5.80. The van der Waals surface area contributed by atoms with Crippen LogP contribution in [0.3, 0.4) is 0 Å². The van der Waals surface area contributed by atoms with Crippen molar-refractivity contribution in [1.29, 1.82) is 0 Å². The van der Waals surface area contributed by atoms with E-state index in [0.717, 1.165) is 63.8 Å². The molecule has 2 aliphatic heterocycles. The van der Waals surface area contributed by atoms with Gasteiger partial charge in [0, 0.05) is 37.2 Å². The first-order valence-corrected chi connectivity index (χ1v) is 9.19. The summed E-state index contributed by atoms with van der Waals surface area (Å²) in [6.45, 7) is 6.46. The number of benzene rings is 1. The van der Waals surface area contributed by atoms with Gasteiger partial charge in [0.05, 0.1) is 12.2 Å². The lowest BCUT2D eigenvalue weighted by Gasteiger charge is -2.24. The average molecular weight is 379 g/mol. The third-order valence-corrected chi connectivity index (χ3v) is 4.99. The molecule has 0 amide bonds. The predicted octanol–water partition coefficient (Wildman–Crippen LogP) is 3.13. The van der Waals surface area contributed by atoms with Gasteiger partial charge in [0.2, 0.25) is 0 Å². The SMILES string of the molecule is CCNC(=NCC#Cc1cccc(C(F)(F)F)c1)N1CCC2(CCOC2)C1. The summed E-state index contributed by atoms with van der Waals surface area (Å²) in [6.07, 6.45) is -2.19. The summed E-state index contributed by atoms with van der Waals surface area (Å²) in [6, 6.07) is 5.05. The molecule has 2 fully saturated rings. The van der Waals surface area contributed by atoms with E-state index in [1.807, 2.05) is 6.92 Å². The summed E-state index contributed by atoms with van der Waals surface area (Å²) in [5.41, 5.74) is -0.111. The van der Waals surface area contributed by atoms with Crippen LogP contribution in [-0.4, -0.2) is 50.3 Å². The van der Waals surface area contributed by atoms with Crippen molar-refractivity contribution in [3.8, 4) is 11.8 Å². The largest absolute Gasteiger partial charge is 0.416 e. The molecular formula is C20H24F3N3O. The normalized spacial score (nSPS) is 22.8. The standard InChI is InChI=1S/C20H24F3N3O/c1-2-24-18(26-11-8-19(14-26)9-12-27-15-19)25-10-4-6-16-5-3-7-17(13-16)20(21,22)23/h3,5,7,13H,2,8-12,14-15H2,1H3,(H,24,25). The number of hydrogen-bond donors (Lipinski definition) is 1. The molecule has 0 radical (unpaired) electrons. The van der Waals surface area contributed by atoms with Crippen LogP contribution in [0.4, 0.5) is 13.2 Å². The van der Waals surface area contributed by atoms with E-state index in [2.05, 4.69) is 27.0 Å². The fourth-order valence-electron chi connectivity index (χ4n) is 3.54. The molecule has 1 aromatic rings. The number of halogens is 3. The van der Waals surface area contributed by atoms with Gasteiger partial charge in [0.25, 0.3) is 0 Å². The van der Waals surface area contributed by atoms with E-state index >= 15 is 0 Å². The van der Waals surface area contributed by atoms with Crippen LogP contribution < -0.4 is 5.32 Å². The summed E-state index contributed by atoms with van der Waals surface area (Å²) < 4.78 is 43.8. The van der Waals surface area contributed by atoms with Crippen molar-refractivity contribution in [2.75, 3.05) is 39.4 Å². The van der Waals surface area contributed by atoms with Crippen LogP contribution in [0.25, 0.3) is 0 Å². The van der Waals surface area contributed by atoms with Crippen molar-refractivity contribution in [2.45, 2.75) is 25.9 Å². The highest BCUT2D eigenvalue weighted by Crippen LogP contribution is 2.38. The number of aliphatic imine (C=N–C) groups is 1. The average Bonchev–Trinajstić information content (AvgIpc) is 3.27. The summed E-state index contributed by atoms with van der Waals surface area (Å²) in [4.78, 5) is 6.76. The number of alkyl halides is 3. The van der Waals surface area contributed by atoms with Crippen molar-refractivity contribution in [3.05, 3.63) is 35.4 Å². The van der Waals surface area contributed by atoms with Gasteiger partial charge in [0.1, 0.15) is 6.54 Å². The zero-order valence-corrected chi connectivity index (χ0v) is 15.4. The predicted molar refractivity (Wildman–Crippen MR) is 98.4 cm³/mol. The topological polar surface area (TPSA) is 36.9 Å². The fraction of sp³-hybridized carbons (Fsp3) is 0.550. The quantitative estimate of drug-likeness (QED) is 0.487. The van der Waals surface area contributed by atoms with E-state index in [4.69, 9.17) is 4.74 Å². The maximum Gasteiger partial charge on any atom is 0.416 e. The molecule has 2 aliphatic rings. The minimum absolute atomic E-state index is 0.235. The van der Waals surface area contributed by atoms with E-state index in [9.17, 15) is 13.2 Å². The summed E-state index contributed by atoms with van der Waals surface area (Å²) in [7, 11) is 0. The molecule has 27 heavy (non-hydrogen) atoms. The van der Waals surface area contributed by atoms with Gasteiger partial charge >= 0.3 is 6.18 Å². The first-order chi connectivity index (χ1) is 12.9. The van der Waals surface area contributed by atoms with Crippen LogP contribution in [0.5, 0.6) is 0 Å². The minimum atomic E-state index is -4.36. The van der Waals surface area contributed by atoms with Crippen LogP contribution >= 0.6 is 0 Å². The lowest BCUT2D eigenvalue weighted by atomic mass is 9.87. The molecule has 3 rings (SSSR count). The maximum absolute atomic E-state index is 12.8. The molecule has 1 aromatic carbocycles. The summed E-state index contributed by atoms with van der Waals surface area (Å²) in [5, 5.41) is 3.28. The lowest BCUT2D eigenvalue weighted by Crippen LogP contribution is -2.41. The Kier molecular flexibility index (Phi) is 5.95. The molecule has 4 nitrogen and oxygen atoms in total. The van der Waals surface area contributed by atoms with Gasteiger partial charge in [-0.1, -0.05) is 17.9 Å². The second-order valence-corrected chi connectivity index (χ2v) is 7.02. The monoisotopic (exact) mass is 379 g/mol. The molecule has 0 aromatic heterocycles. The van der Waals surface area contributed by atoms with Crippen molar-refractivity contribution >= 4 is 5.96 Å². The Morgan fingerprint density at radius 3 is 2.93 bits per heavy atom. The minimum Gasteiger partial charge on any atom is -0.381 e. The zero-order chi connectivity index (χ0) is 19.3. The van der Waals surface area contributed by atoms with Gasteiger partial charge in [-0.05, 0) is 38.0 Å². The lowest BCUT2D eigenvalue weighted by molar-refractivity contribution is -0.137. The maximum atomic E-state index is 12.8. The van der Waals surface area contributed by atoms with Gasteiger partial charge in [-0.15, -0.1) is 0 Å². The molecule has 1 atom stereocenters. The molecule has 2 heterocycles. The van der Waals surface area contributed by atoms with E-state index < -0.39 is 11.7 Å². The van der Waals surface area contributed by atoms with Crippen molar-refractivity contribution in [3.63, 3.8) is 0 Å². The number of hydrogen-bond acceptors (Lipinski definition) is 2. The van der Waals surface area contributed by atoms with Crippen molar-refractivity contribution in [2.24, 2.45) is 10.4 Å². The van der Waals surface area contributed by atoms with Crippen LogP contribution in [0.1, 0.15) is 30.9 Å². The molecule has 0 aliphatic carbocycles. The van der Waals surface area contributed by atoms with Crippen LogP contribution in [0, 0.1) is 17.3 Å². The van der Waals surface area contributed by atoms with Gasteiger partial charge in [-0.3, -0.25) is 0 Å². The van der Waals surface area contributed by atoms with E-state index in [-0.39, 0.29) is 12.0 Å². The number of rotatable bonds is 2. The molecule has 2 saturated heterocycles. The van der Waals surface area contributed by atoms with Crippen molar-refractivity contribution in [1.82, 2.24) is 10.2 Å². The smallest absolute Gasteiger partial charge is 0.381 e. The third-order valence-electron chi connectivity index (χ3n) is 4.99. The summed E-state index contributed by atoms with van der Waals surface area (Å²) >= 11 is 0. The van der Waals surface area contributed by atoms with Crippen molar-refractivity contribution < 1.29 is 17.9 Å². The Balaban J connectivity index is 1.64. The van der Waals surface area contributed by atoms with E-state index in [1.165, 1.54) is 6.07 Å². The molecule has 1 spiro atoms. The molecule has 1 unspecified atom stereocenters. The molecule has 7 heteroatoms. The molecular weight excluding hydrogens is 355 g/mol. The number of likely N-dealkylation sites (tertiary alicyclic amines) is 1. The zero-order valence-electron chi connectivity index (χ0n) is 15.4. The Morgan fingerprint density at radius 1 is 1.37 bits per heavy atom.